The summed E-state index contributed by atoms with van der Waals surface area (Å²) in [6.07, 6.45) is 4.43. The number of carbonyl (C=O) groups excluding carboxylic acids is 1. The molecule has 0 spiro atoms. The van der Waals surface area contributed by atoms with Gasteiger partial charge in [-0.2, -0.15) is 0 Å². The summed E-state index contributed by atoms with van der Waals surface area (Å²) in [6.45, 7) is 2.03. The molecule has 0 bridgehead atoms. The molecule has 1 aliphatic carbocycles. The topological polar surface area (TPSA) is 92.1 Å². The average molecular weight is 353 g/mol. The van der Waals surface area contributed by atoms with Crippen LogP contribution in [0.15, 0.2) is 36.4 Å². The summed E-state index contributed by atoms with van der Waals surface area (Å²) >= 11 is 0. The lowest BCUT2D eigenvalue weighted by Crippen LogP contribution is -2.42. The molecule has 0 radical (unpaired) electrons. The molecule has 2 unspecified atom stereocenters. The molecule has 5 N–H and O–H groups in total. The van der Waals surface area contributed by atoms with Gasteiger partial charge in [-0.25, -0.2) is 4.98 Å². The Kier molecular flexibility index (Phi) is 5.73. The van der Waals surface area contributed by atoms with Gasteiger partial charge >= 0.3 is 0 Å². The first-order valence-corrected chi connectivity index (χ1v) is 9.16. The molecule has 1 heterocycles. The van der Waals surface area contributed by atoms with Gasteiger partial charge in [0.25, 0.3) is 5.91 Å². The van der Waals surface area contributed by atoms with Crippen molar-refractivity contribution in [3.8, 4) is 0 Å². The van der Waals surface area contributed by atoms with E-state index in [2.05, 4.69) is 20.9 Å². The Morgan fingerprint density at radius 1 is 1.19 bits per heavy atom. The number of aromatic nitrogens is 1. The van der Waals surface area contributed by atoms with Crippen LogP contribution in [-0.2, 0) is 0 Å². The van der Waals surface area contributed by atoms with E-state index in [1.54, 1.807) is 13.1 Å². The number of benzene rings is 1. The fourth-order valence-electron chi connectivity index (χ4n) is 3.34. The van der Waals surface area contributed by atoms with Gasteiger partial charge in [-0.1, -0.05) is 25.0 Å². The van der Waals surface area contributed by atoms with E-state index in [1.807, 2.05) is 37.3 Å². The van der Waals surface area contributed by atoms with Gasteiger partial charge in [0, 0.05) is 24.8 Å². The summed E-state index contributed by atoms with van der Waals surface area (Å²) in [5.74, 6) is 1.09. The summed E-state index contributed by atoms with van der Waals surface area (Å²) in [4.78, 5) is 16.9. The Morgan fingerprint density at radius 2 is 2.00 bits per heavy atom. The quantitative estimate of drug-likeness (QED) is 0.663. The van der Waals surface area contributed by atoms with Crippen molar-refractivity contribution in [2.75, 3.05) is 17.7 Å². The number of hydrogen-bond acceptors (Lipinski definition) is 5. The molecule has 0 saturated heterocycles. The fraction of sp³-hybridized carbons (Fsp3) is 0.400. The predicted molar refractivity (Wildman–Crippen MR) is 106 cm³/mol. The van der Waals surface area contributed by atoms with E-state index >= 15 is 0 Å². The molecule has 2 atom stereocenters. The van der Waals surface area contributed by atoms with E-state index in [4.69, 9.17) is 5.73 Å². The normalized spacial score (nSPS) is 19.7. The molecule has 1 aliphatic rings. The number of pyridine rings is 1. The third kappa shape index (κ3) is 4.32. The second kappa shape index (κ2) is 8.19. The minimum absolute atomic E-state index is 0.136. The van der Waals surface area contributed by atoms with E-state index in [0.717, 1.165) is 29.9 Å². The molecule has 1 amide bonds. The van der Waals surface area contributed by atoms with Gasteiger partial charge in [0.05, 0.1) is 5.56 Å². The monoisotopic (exact) mass is 353 g/mol. The first-order valence-electron chi connectivity index (χ1n) is 9.16. The van der Waals surface area contributed by atoms with E-state index in [-0.39, 0.29) is 18.0 Å². The largest absolute Gasteiger partial charge is 0.366 e. The van der Waals surface area contributed by atoms with Crippen molar-refractivity contribution >= 4 is 23.2 Å². The van der Waals surface area contributed by atoms with Crippen LogP contribution in [0.25, 0.3) is 0 Å². The highest BCUT2D eigenvalue weighted by atomic mass is 16.1. The van der Waals surface area contributed by atoms with Crippen molar-refractivity contribution in [3.05, 3.63) is 47.5 Å². The van der Waals surface area contributed by atoms with E-state index in [0.29, 0.717) is 11.4 Å². The highest BCUT2D eigenvalue weighted by Gasteiger charge is 2.22. The number of nitrogens with one attached hydrogen (secondary N) is 3. The Hall–Kier alpha value is -2.60. The van der Waals surface area contributed by atoms with Crippen LogP contribution in [0.4, 0.5) is 17.3 Å². The van der Waals surface area contributed by atoms with Crippen molar-refractivity contribution < 1.29 is 4.79 Å². The minimum atomic E-state index is -0.173. The van der Waals surface area contributed by atoms with Gasteiger partial charge < -0.3 is 21.7 Å². The van der Waals surface area contributed by atoms with Crippen LogP contribution in [0.1, 0.15) is 41.6 Å². The summed E-state index contributed by atoms with van der Waals surface area (Å²) in [5, 5.41) is 9.39. The summed E-state index contributed by atoms with van der Waals surface area (Å²) in [7, 11) is 1.62. The van der Waals surface area contributed by atoms with Crippen molar-refractivity contribution in [2.24, 2.45) is 5.73 Å². The number of anilines is 3. The Labute approximate surface area is 154 Å². The zero-order valence-corrected chi connectivity index (χ0v) is 15.4. The second-order valence-electron chi connectivity index (χ2n) is 6.87. The molecule has 1 aromatic carbocycles. The van der Waals surface area contributed by atoms with E-state index < -0.39 is 0 Å². The van der Waals surface area contributed by atoms with Gasteiger partial charge in [-0.05, 0) is 49.6 Å². The lowest BCUT2D eigenvalue weighted by Gasteiger charge is -2.30. The number of nitrogens with two attached hydrogens (primary N) is 1. The maximum Gasteiger partial charge on any atom is 0.254 e. The number of hydrogen-bond donors (Lipinski definition) is 4. The van der Waals surface area contributed by atoms with Crippen LogP contribution in [0, 0.1) is 6.92 Å². The highest BCUT2D eigenvalue weighted by molar-refractivity contribution is 5.99. The molecule has 6 heteroatoms. The van der Waals surface area contributed by atoms with Crippen LogP contribution in [0.2, 0.25) is 0 Å². The van der Waals surface area contributed by atoms with Gasteiger partial charge in [0.2, 0.25) is 0 Å². The Balaban J connectivity index is 1.87. The second-order valence-corrected chi connectivity index (χ2v) is 6.87. The van der Waals surface area contributed by atoms with E-state index in [9.17, 15) is 4.79 Å². The third-order valence-corrected chi connectivity index (χ3v) is 4.80. The number of aryl methyl sites for hydroxylation is 1. The molecule has 2 aromatic rings. The summed E-state index contributed by atoms with van der Waals surface area (Å²) in [5.41, 5.74) is 8.78. The molecule has 0 aliphatic heterocycles. The first kappa shape index (κ1) is 18.2. The fourth-order valence-corrected chi connectivity index (χ4v) is 3.34. The van der Waals surface area contributed by atoms with Gasteiger partial charge in [-0.15, -0.1) is 0 Å². The maximum atomic E-state index is 12.2. The van der Waals surface area contributed by atoms with Crippen molar-refractivity contribution in [1.82, 2.24) is 10.3 Å². The molecule has 26 heavy (non-hydrogen) atoms. The Morgan fingerprint density at radius 3 is 2.73 bits per heavy atom. The SMILES string of the molecule is CNC(=O)c1ccc(NC2CCCCC2N)nc1Nc1cccc(C)c1. The van der Waals surface area contributed by atoms with E-state index in [1.165, 1.54) is 12.8 Å². The number of nitrogens with zero attached hydrogens (tertiary/aromatic N) is 1. The zero-order chi connectivity index (χ0) is 18.5. The molecule has 138 valence electrons. The summed E-state index contributed by atoms with van der Waals surface area (Å²) in [6, 6.07) is 12.0. The Bertz CT molecular complexity index is 777. The maximum absolute atomic E-state index is 12.2. The third-order valence-electron chi connectivity index (χ3n) is 4.80. The first-order chi connectivity index (χ1) is 12.6. The molecule has 1 fully saturated rings. The number of carbonyl (C=O) groups is 1. The van der Waals surface area contributed by atoms with Gasteiger partial charge in [0.15, 0.2) is 0 Å². The molecule has 1 saturated carbocycles. The van der Waals surface area contributed by atoms with Crippen molar-refractivity contribution in [1.29, 1.82) is 0 Å². The van der Waals surface area contributed by atoms with Crippen LogP contribution in [0.5, 0.6) is 0 Å². The highest BCUT2D eigenvalue weighted by Crippen LogP contribution is 2.25. The van der Waals surface area contributed by atoms with Crippen LogP contribution in [0.3, 0.4) is 0 Å². The molecular formula is C20H27N5O. The van der Waals surface area contributed by atoms with Crippen molar-refractivity contribution in [2.45, 2.75) is 44.7 Å². The average Bonchev–Trinajstić information content (AvgIpc) is 2.63. The number of rotatable bonds is 5. The standard InChI is InChI=1S/C20H27N5O/c1-13-6-5-7-14(12-13)23-19-15(20(26)22-2)10-11-18(25-19)24-17-9-4-3-8-16(17)21/h5-7,10-12,16-17H,3-4,8-9,21H2,1-2H3,(H,22,26)(H2,23,24,25). The molecular weight excluding hydrogens is 326 g/mol. The lowest BCUT2D eigenvalue weighted by atomic mass is 9.91. The molecule has 6 nitrogen and oxygen atoms in total. The van der Waals surface area contributed by atoms with Crippen LogP contribution < -0.4 is 21.7 Å². The van der Waals surface area contributed by atoms with Gasteiger partial charge in [0.1, 0.15) is 11.6 Å². The predicted octanol–water partition coefficient (Wildman–Crippen LogP) is 3.18. The van der Waals surface area contributed by atoms with Crippen LogP contribution >= 0.6 is 0 Å². The van der Waals surface area contributed by atoms with Crippen LogP contribution in [-0.4, -0.2) is 30.0 Å². The summed E-state index contributed by atoms with van der Waals surface area (Å²) < 4.78 is 0. The smallest absolute Gasteiger partial charge is 0.254 e. The van der Waals surface area contributed by atoms with Crippen molar-refractivity contribution in [3.63, 3.8) is 0 Å². The van der Waals surface area contributed by atoms with Gasteiger partial charge in [-0.3, -0.25) is 4.79 Å². The minimum Gasteiger partial charge on any atom is -0.366 e. The molecule has 1 aromatic heterocycles. The molecule has 3 rings (SSSR count). The zero-order valence-electron chi connectivity index (χ0n) is 15.4. The lowest BCUT2D eigenvalue weighted by molar-refractivity contribution is 0.0963. The number of amides is 1.